The van der Waals surface area contributed by atoms with E-state index in [-0.39, 0.29) is 11.7 Å². The normalized spacial score (nSPS) is 12.6. The van der Waals surface area contributed by atoms with Crippen LogP contribution in [0.5, 0.6) is 0 Å². The van der Waals surface area contributed by atoms with Crippen molar-refractivity contribution in [3.63, 3.8) is 0 Å². The van der Waals surface area contributed by atoms with Crippen molar-refractivity contribution in [1.29, 1.82) is 0 Å². The molecule has 0 saturated carbocycles. The minimum Gasteiger partial charge on any atom is -0.325 e. The fraction of sp³-hybridized carbons (Fsp3) is 0.414. The predicted molar refractivity (Wildman–Crippen MR) is 142 cm³/mol. The summed E-state index contributed by atoms with van der Waals surface area (Å²) in [6.07, 6.45) is 8.08. The number of thiophene rings is 1. The zero-order chi connectivity index (χ0) is 24.1. The molecule has 4 nitrogen and oxygen atoms in total. The molecule has 34 heavy (non-hydrogen) atoms. The van der Waals surface area contributed by atoms with Crippen LogP contribution in [-0.2, 0) is 6.42 Å². The average Bonchev–Trinajstić information content (AvgIpc) is 3.47. The van der Waals surface area contributed by atoms with Crippen LogP contribution in [0, 0.1) is 5.92 Å². The van der Waals surface area contributed by atoms with Crippen molar-refractivity contribution < 1.29 is 4.79 Å². The number of Topliss-reactive ketones (excluding diaryl/α,β-unsaturated/α-hetero) is 1. The molecule has 0 spiro atoms. The van der Waals surface area contributed by atoms with E-state index < -0.39 is 0 Å². The minimum absolute atomic E-state index is 0.174. The summed E-state index contributed by atoms with van der Waals surface area (Å²) in [5.74, 6) is 1.95. The predicted octanol–water partition coefficient (Wildman–Crippen LogP) is 7.85. The third kappa shape index (κ3) is 5.47. The Morgan fingerprint density at radius 1 is 1.09 bits per heavy atom. The van der Waals surface area contributed by atoms with Gasteiger partial charge in [-0.3, -0.25) is 9.78 Å². The number of pyridine rings is 1. The molecule has 0 aliphatic rings. The molecule has 1 atom stereocenters. The SMILES string of the molecule is CCC(CC)n1c(Cc2cccs2)nc2cc(C(=O)CC(CC(C)C)c3cccnc3)ccc21. The van der Waals surface area contributed by atoms with Crippen LogP contribution < -0.4 is 0 Å². The molecule has 5 heteroatoms. The highest BCUT2D eigenvalue weighted by Gasteiger charge is 2.22. The van der Waals surface area contributed by atoms with E-state index in [9.17, 15) is 4.79 Å². The highest BCUT2D eigenvalue weighted by molar-refractivity contribution is 7.09. The van der Waals surface area contributed by atoms with Gasteiger partial charge in [0.1, 0.15) is 5.82 Å². The quantitative estimate of drug-likeness (QED) is 0.208. The zero-order valence-corrected chi connectivity index (χ0v) is 21.5. The van der Waals surface area contributed by atoms with Crippen molar-refractivity contribution in [3.05, 3.63) is 82.1 Å². The number of rotatable bonds is 11. The smallest absolute Gasteiger partial charge is 0.163 e. The largest absolute Gasteiger partial charge is 0.325 e. The third-order valence-electron chi connectivity index (χ3n) is 6.65. The highest BCUT2D eigenvalue weighted by Crippen LogP contribution is 2.31. The first-order valence-corrected chi connectivity index (χ1v) is 13.3. The van der Waals surface area contributed by atoms with Crippen molar-refractivity contribution >= 4 is 28.2 Å². The first-order valence-electron chi connectivity index (χ1n) is 12.5. The summed E-state index contributed by atoms with van der Waals surface area (Å²) in [6.45, 7) is 8.89. The molecule has 0 aliphatic carbocycles. The number of benzene rings is 1. The first kappa shape index (κ1) is 24.3. The van der Waals surface area contributed by atoms with Gasteiger partial charge in [0.2, 0.25) is 0 Å². The molecular weight excluding hydrogens is 438 g/mol. The number of imidazole rings is 1. The lowest BCUT2D eigenvalue weighted by atomic mass is 9.86. The Kier molecular flexibility index (Phi) is 7.94. The molecule has 178 valence electrons. The van der Waals surface area contributed by atoms with Gasteiger partial charge in [-0.05, 0) is 72.4 Å². The van der Waals surface area contributed by atoms with Crippen molar-refractivity contribution in [2.45, 2.75) is 71.8 Å². The molecule has 0 radical (unpaired) electrons. The van der Waals surface area contributed by atoms with Crippen LogP contribution >= 0.6 is 11.3 Å². The maximum Gasteiger partial charge on any atom is 0.163 e. The van der Waals surface area contributed by atoms with E-state index in [0.717, 1.165) is 53.7 Å². The van der Waals surface area contributed by atoms with E-state index in [1.54, 1.807) is 17.5 Å². The Bertz CT molecular complexity index is 1210. The fourth-order valence-electron chi connectivity index (χ4n) is 4.94. The van der Waals surface area contributed by atoms with E-state index in [2.05, 4.69) is 66.9 Å². The van der Waals surface area contributed by atoms with Crippen molar-refractivity contribution in [1.82, 2.24) is 14.5 Å². The Hall–Kier alpha value is -2.79. The molecule has 0 bridgehead atoms. The number of aromatic nitrogens is 3. The van der Waals surface area contributed by atoms with Crippen molar-refractivity contribution in [3.8, 4) is 0 Å². The molecule has 1 aromatic carbocycles. The molecule has 3 aromatic heterocycles. The summed E-state index contributed by atoms with van der Waals surface area (Å²) in [5, 5.41) is 2.12. The monoisotopic (exact) mass is 473 g/mol. The second-order valence-corrected chi connectivity index (χ2v) is 10.6. The second kappa shape index (κ2) is 11.1. The molecule has 0 N–H and O–H groups in total. The number of hydrogen-bond donors (Lipinski definition) is 0. The van der Waals surface area contributed by atoms with Crippen molar-refractivity contribution in [2.24, 2.45) is 5.92 Å². The molecule has 3 heterocycles. The summed E-state index contributed by atoms with van der Waals surface area (Å²) >= 11 is 1.77. The van der Waals surface area contributed by atoms with Gasteiger partial charge in [0.15, 0.2) is 5.78 Å². The Morgan fingerprint density at radius 2 is 1.91 bits per heavy atom. The number of fused-ring (bicyclic) bond motifs is 1. The maximum atomic E-state index is 13.4. The van der Waals surface area contributed by atoms with Crippen LogP contribution in [0.25, 0.3) is 11.0 Å². The summed E-state index contributed by atoms with van der Waals surface area (Å²) < 4.78 is 2.40. The van der Waals surface area contributed by atoms with Crippen LogP contribution in [0.2, 0.25) is 0 Å². The standard InChI is InChI=1S/C29H35N3OS/c1-5-24(6-2)32-27-12-11-21(16-26(27)31-29(32)18-25-10-8-14-34-25)28(33)17-23(15-20(3)4)22-9-7-13-30-19-22/h7-14,16,19-20,23-24H,5-6,15,17-18H2,1-4H3. The van der Waals surface area contributed by atoms with Gasteiger partial charge in [0, 0.05) is 41.7 Å². The Morgan fingerprint density at radius 3 is 2.56 bits per heavy atom. The third-order valence-corrected chi connectivity index (χ3v) is 7.52. The van der Waals surface area contributed by atoms with Crippen LogP contribution in [0.1, 0.15) is 92.0 Å². The molecule has 4 rings (SSSR count). The van der Waals surface area contributed by atoms with Crippen LogP contribution in [0.4, 0.5) is 0 Å². The van der Waals surface area contributed by atoms with Gasteiger partial charge in [-0.15, -0.1) is 11.3 Å². The summed E-state index contributed by atoms with van der Waals surface area (Å²) in [6, 6.07) is 14.8. The van der Waals surface area contributed by atoms with E-state index in [1.807, 2.05) is 24.4 Å². The van der Waals surface area contributed by atoms with Gasteiger partial charge in [-0.2, -0.15) is 0 Å². The summed E-state index contributed by atoms with van der Waals surface area (Å²) in [5.41, 5.74) is 3.94. The molecule has 0 amide bonds. The van der Waals surface area contributed by atoms with Crippen LogP contribution in [0.15, 0.2) is 60.2 Å². The molecule has 0 fully saturated rings. The fourth-order valence-corrected chi connectivity index (χ4v) is 5.64. The topological polar surface area (TPSA) is 47.8 Å². The van der Waals surface area contributed by atoms with Gasteiger partial charge in [0.25, 0.3) is 0 Å². The van der Waals surface area contributed by atoms with Gasteiger partial charge >= 0.3 is 0 Å². The van der Waals surface area contributed by atoms with Gasteiger partial charge in [0.05, 0.1) is 11.0 Å². The van der Waals surface area contributed by atoms with E-state index in [4.69, 9.17) is 4.98 Å². The van der Waals surface area contributed by atoms with Gasteiger partial charge in [-0.1, -0.05) is 39.8 Å². The lowest BCUT2D eigenvalue weighted by molar-refractivity contribution is 0.0970. The minimum atomic E-state index is 0.174. The van der Waals surface area contributed by atoms with Crippen molar-refractivity contribution in [2.75, 3.05) is 0 Å². The maximum absolute atomic E-state index is 13.4. The van der Waals surface area contributed by atoms with Gasteiger partial charge in [-0.25, -0.2) is 4.98 Å². The number of hydrogen-bond acceptors (Lipinski definition) is 4. The molecule has 1 unspecified atom stereocenters. The second-order valence-electron chi connectivity index (χ2n) is 9.57. The molecule has 0 aliphatic heterocycles. The number of nitrogens with zero attached hydrogens (tertiary/aromatic N) is 3. The number of ketones is 1. The lowest BCUT2D eigenvalue weighted by Gasteiger charge is -2.19. The Balaban J connectivity index is 1.66. The summed E-state index contributed by atoms with van der Waals surface area (Å²) in [7, 11) is 0. The lowest BCUT2D eigenvalue weighted by Crippen LogP contribution is -2.11. The van der Waals surface area contributed by atoms with Crippen LogP contribution in [-0.4, -0.2) is 20.3 Å². The highest BCUT2D eigenvalue weighted by atomic mass is 32.1. The molecule has 4 aromatic rings. The molecular formula is C29H35N3OS. The van der Waals surface area contributed by atoms with Gasteiger partial charge < -0.3 is 4.57 Å². The Labute approximate surface area is 207 Å². The number of carbonyl (C=O) groups is 1. The average molecular weight is 474 g/mol. The summed E-state index contributed by atoms with van der Waals surface area (Å²) in [4.78, 5) is 24.0. The zero-order valence-electron chi connectivity index (χ0n) is 20.7. The molecule has 0 saturated heterocycles. The first-order chi connectivity index (χ1) is 16.5. The van der Waals surface area contributed by atoms with E-state index >= 15 is 0 Å². The van der Waals surface area contributed by atoms with E-state index in [1.165, 1.54) is 4.88 Å². The van der Waals surface area contributed by atoms with E-state index in [0.29, 0.717) is 18.4 Å². The van der Waals surface area contributed by atoms with Crippen LogP contribution in [0.3, 0.4) is 0 Å². The number of carbonyl (C=O) groups excluding carboxylic acids is 1.